The first-order valence-corrected chi connectivity index (χ1v) is 7.22. The van der Waals surface area contributed by atoms with Gasteiger partial charge in [0.2, 0.25) is 0 Å². The second-order valence-corrected chi connectivity index (χ2v) is 5.27. The Kier molecular flexibility index (Phi) is 5.48. The van der Waals surface area contributed by atoms with Crippen LogP contribution >= 0.6 is 11.6 Å². The third-order valence-corrected chi connectivity index (χ3v) is 3.81. The largest absolute Gasteiger partial charge is 0.496 e. The fraction of sp³-hybridized carbons (Fsp3) is 0.294. The minimum Gasteiger partial charge on any atom is -0.496 e. The Bertz CT molecular complexity index is 601. The van der Waals surface area contributed by atoms with Crippen molar-refractivity contribution in [3.63, 3.8) is 0 Å². The zero-order valence-electron chi connectivity index (χ0n) is 12.3. The molecule has 4 heteroatoms. The topological polar surface area (TPSA) is 44.5 Å². The van der Waals surface area contributed by atoms with Gasteiger partial charge in [-0.25, -0.2) is 0 Å². The highest BCUT2D eigenvalue weighted by Crippen LogP contribution is 2.32. The van der Waals surface area contributed by atoms with Gasteiger partial charge in [-0.1, -0.05) is 29.8 Å². The predicted molar refractivity (Wildman–Crippen MR) is 86.5 cm³/mol. The van der Waals surface area contributed by atoms with Gasteiger partial charge in [0.1, 0.15) is 11.5 Å². The van der Waals surface area contributed by atoms with Crippen molar-refractivity contribution >= 4 is 11.6 Å². The van der Waals surface area contributed by atoms with E-state index in [1.165, 1.54) is 0 Å². The van der Waals surface area contributed by atoms with Crippen molar-refractivity contribution in [1.29, 1.82) is 0 Å². The highest BCUT2D eigenvalue weighted by atomic mass is 35.5. The third kappa shape index (κ3) is 3.69. The number of methoxy groups -OCH3 is 2. The molecule has 0 amide bonds. The van der Waals surface area contributed by atoms with E-state index in [4.69, 9.17) is 26.8 Å². The van der Waals surface area contributed by atoms with E-state index in [0.717, 1.165) is 29.0 Å². The lowest BCUT2D eigenvalue weighted by molar-refractivity contribution is 0.400. The van der Waals surface area contributed by atoms with E-state index in [1.807, 2.05) is 42.5 Å². The van der Waals surface area contributed by atoms with Gasteiger partial charge in [-0.05, 0) is 48.4 Å². The Morgan fingerprint density at radius 2 is 1.76 bits per heavy atom. The van der Waals surface area contributed by atoms with Crippen molar-refractivity contribution in [2.45, 2.75) is 12.3 Å². The molecule has 0 saturated carbocycles. The van der Waals surface area contributed by atoms with Crippen LogP contribution in [0.25, 0.3) is 0 Å². The predicted octanol–water partition coefficient (Wildman–Crippen LogP) is 3.64. The molecule has 2 rings (SSSR count). The maximum atomic E-state index is 6.09. The molecule has 0 saturated heterocycles. The number of rotatable bonds is 6. The molecule has 2 aromatic carbocycles. The van der Waals surface area contributed by atoms with E-state index >= 15 is 0 Å². The summed E-state index contributed by atoms with van der Waals surface area (Å²) in [4.78, 5) is 0. The Balaban J connectivity index is 2.33. The molecule has 2 aromatic rings. The fourth-order valence-electron chi connectivity index (χ4n) is 2.50. The van der Waals surface area contributed by atoms with Gasteiger partial charge in [-0.15, -0.1) is 0 Å². The van der Waals surface area contributed by atoms with Crippen LogP contribution in [0.1, 0.15) is 17.0 Å². The summed E-state index contributed by atoms with van der Waals surface area (Å²) in [5, 5.41) is 0.696. The van der Waals surface area contributed by atoms with Crippen LogP contribution in [0.4, 0.5) is 0 Å². The third-order valence-electron chi connectivity index (χ3n) is 3.57. The van der Waals surface area contributed by atoms with Gasteiger partial charge in [0.15, 0.2) is 0 Å². The van der Waals surface area contributed by atoms with Crippen LogP contribution in [-0.4, -0.2) is 20.8 Å². The highest BCUT2D eigenvalue weighted by Gasteiger charge is 2.17. The average Bonchev–Trinajstić information content (AvgIpc) is 2.52. The molecule has 0 spiro atoms. The quantitative estimate of drug-likeness (QED) is 0.886. The van der Waals surface area contributed by atoms with Gasteiger partial charge >= 0.3 is 0 Å². The molecule has 0 bridgehead atoms. The van der Waals surface area contributed by atoms with Crippen molar-refractivity contribution in [1.82, 2.24) is 0 Å². The van der Waals surface area contributed by atoms with Crippen molar-refractivity contribution in [2.75, 3.05) is 20.8 Å². The minimum atomic E-state index is 0.147. The molecule has 0 aliphatic heterocycles. The first-order valence-electron chi connectivity index (χ1n) is 6.85. The number of hydrogen-bond donors (Lipinski definition) is 1. The lowest BCUT2D eigenvalue weighted by Crippen LogP contribution is -2.16. The van der Waals surface area contributed by atoms with Gasteiger partial charge in [0.05, 0.1) is 14.2 Å². The SMILES string of the molecule is COc1ccc(Cl)cc1CC(CN)c1ccccc1OC. The van der Waals surface area contributed by atoms with Crippen LogP contribution in [-0.2, 0) is 6.42 Å². The molecule has 3 nitrogen and oxygen atoms in total. The number of nitrogens with two attached hydrogens (primary N) is 1. The number of ether oxygens (including phenoxy) is 2. The lowest BCUT2D eigenvalue weighted by Gasteiger charge is -2.19. The van der Waals surface area contributed by atoms with Crippen molar-refractivity contribution in [2.24, 2.45) is 5.73 Å². The van der Waals surface area contributed by atoms with Gasteiger partial charge in [-0.3, -0.25) is 0 Å². The standard InChI is InChI=1S/C17H20ClNO2/c1-20-16-8-7-14(18)10-12(16)9-13(11-19)15-5-3-4-6-17(15)21-2/h3-8,10,13H,9,11,19H2,1-2H3. The van der Waals surface area contributed by atoms with E-state index in [9.17, 15) is 0 Å². The van der Waals surface area contributed by atoms with E-state index in [2.05, 4.69) is 0 Å². The van der Waals surface area contributed by atoms with E-state index in [-0.39, 0.29) is 5.92 Å². The van der Waals surface area contributed by atoms with E-state index in [1.54, 1.807) is 14.2 Å². The van der Waals surface area contributed by atoms with Crippen LogP contribution < -0.4 is 15.2 Å². The normalized spacial score (nSPS) is 12.0. The average molecular weight is 306 g/mol. The summed E-state index contributed by atoms with van der Waals surface area (Å²) in [5.41, 5.74) is 8.13. The van der Waals surface area contributed by atoms with E-state index in [0.29, 0.717) is 11.6 Å². The summed E-state index contributed by atoms with van der Waals surface area (Å²) in [7, 11) is 3.33. The number of para-hydroxylation sites is 1. The molecular weight excluding hydrogens is 286 g/mol. The molecule has 2 N–H and O–H groups in total. The molecule has 0 fully saturated rings. The molecule has 0 aliphatic rings. The van der Waals surface area contributed by atoms with Crippen molar-refractivity contribution in [3.8, 4) is 11.5 Å². The molecule has 0 aromatic heterocycles. The van der Waals surface area contributed by atoms with Gasteiger partial charge in [0.25, 0.3) is 0 Å². The monoisotopic (exact) mass is 305 g/mol. The maximum Gasteiger partial charge on any atom is 0.122 e. The van der Waals surface area contributed by atoms with Crippen LogP contribution in [0.3, 0.4) is 0 Å². The molecular formula is C17H20ClNO2. The molecule has 0 radical (unpaired) electrons. The number of halogens is 1. The van der Waals surface area contributed by atoms with Crippen LogP contribution in [0.2, 0.25) is 5.02 Å². The summed E-state index contributed by atoms with van der Waals surface area (Å²) >= 11 is 6.09. The summed E-state index contributed by atoms with van der Waals surface area (Å²) in [6, 6.07) is 13.6. The fourth-order valence-corrected chi connectivity index (χ4v) is 2.69. The van der Waals surface area contributed by atoms with Crippen LogP contribution in [0.5, 0.6) is 11.5 Å². The maximum absolute atomic E-state index is 6.09. The summed E-state index contributed by atoms with van der Waals surface area (Å²) in [5.74, 6) is 1.83. The molecule has 112 valence electrons. The highest BCUT2D eigenvalue weighted by molar-refractivity contribution is 6.30. The smallest absolute Gasteiger partial charge is 0.122 e. The second-order valence-electron chi connectivity index (χ2n) is 4.83. The Hall–Kier alpha value is -1.71. The Morgan fingerprint density at radius 3 is 2.43 bits per heavy atom. The Labute approximate surface area is 130 Å². The molecule has 1 unspecified atom stereocenters. The number of hydrogen-bond acceptors (Lipinski definition) is 3. The van der Waals surface area contributed by atoms with Gasteiger partial charge in [-0.2, -0.15) is 0 Å². The summed E-state index contributed by atoms with van der Waals surface area (Å²) < 4.78 is 10.8. The van der Waals surface area contributed by atoms with Crippen molar-refractivity contribution < 1.29 is 9.47 Å². The zero-order chi connectivity index (χ0) is 15.2. The first-order chi connectivity index (χ1) is 10.2. The lowest BCUT2D eigenvalue weighted by atomic mass is 9.91. The molecule has 1 atom stereocenters. The van der Waals surface area contributed by atoms with Crippen LogP contribution in [0, 0.1) is 0 Å². The van der Waals surface area contributed by atoms with Gasteiger partial charge in [0, 0.05) is 10.9 Å². The van der Waals surface area contributed by atoms with Gasteiger partial charge < -0.3 is 15.2 Å². The van der Waals surface area contributed by atoms with Crippen LogP contribution in [0.15, 0.2) is 42.5 Å². The second kappa shape index (κ2) is 7.34. The Morgan fingerprint density at radius 1 is 1.05 bits per heavy atom. The minimum absolute atomic E-state index is 0.147. The molecule has 21 heavy (non-hydrogen) atoms. The zero-order valence-corrected chi connectivity index (χ0v) is 13.1. The first kappa shape index (κ1) is 15.7. The summed E-state index contributed by atoms with van der Waals surface area (Å²) in [6.07, 6.45) is 0.751. The van der Waals surface area contributed by atoms with E-state index < -0.39 is 0 Å². The summed E-state index contributed by atoms with van der Waals surface area (Å²) in [6.45, 7) is 0.524. The molecule has 0 aliphatic carbocycles. The molecule has 0 heterocycles. The number of benzene rings is 2. The van der Waals surface area contributed by atoms with Crippen molar-refractivity contribution in [3.05, 3.63) is 58.6 Å².